The third-order valence-corrected chi connectivity index (χ3v) is 2.86. The van der Waals surface area contributed by atoms with Gasteiger partial charge in [-0.2, -0.15) is 0 Å². The molecule has 1 atom stereocenters. The van der Waals surface area contributed by atoms with Crippen molar-refractivity contribution in [3.05, 3.63) is 34.9 Å². The molecule has 0 saturated heterocycles. The number of aliphatic hydroxyl groups excluding tert-OH is 1. The molecule has 3 nitrogen and oxygen atoms in total. The van der Waals surface area contributed by atoms with Gasteiger partial charge in [0.25, 0.3) is 0 Å². The first-order chi connectivity index (χ1) is 7.99. The number of hydrogen-bond donors (Lipinski definition) is 2. The fraction of sp³-hybridized carbons (Fsp3) is 0.571. The molecule has 0 bridgehead atoms. The highest BCUT2D eigenvalue weighted by Gasteiger charge is 2.04. The Hall–Kier alpha value is -0.900. The summed E-state index contributed by atoms with van der Waals surface area (Å²) in [4.78, 5) is 1.99. The summed E-state index contributed by atoms with van der Waals surface area (Å²) in [6.07, 6.45) is -0.309. The summed E-state index contributed by atoms with van der Waals surface area (Å²) in [5.74, 6) is 0. The van der Waals surface area contributed by atoms with E-state index in [-0.39, 0.29) is 6.10 Å². The largest absolute Gasteiger partial charge is 0.390 e. The van der Waals surface area contributed by atoms with E-state index in [0.717, 1.165) is 6.54 Å². The maximum absolute atomic E-state index is 9.69. The Balaban J connectivity index is 2.33. The zero-order valence-corrected chi connectivity index (χ0v) is 11.3. The number of aliphatic hydroxyl groups is 1. The van der Waals surface area contributed by atoms with Crippen molar-refractivity contribution in [1.29, 1.82) is 0 Å². The van der Waals surface area contributed by atoms with Gasteiger partial charge in [-0.15, -0.1) is 0 Å². The second kappa shape index (κ2) is 6.74. The Morgan fingerprint density at radius 2 is 1.94 bits per heavy atom. The van der Waals surface area contributed by atoms with Crippen LogP contribution < -0.4 is 5.32 Å². The van der Waals surface area contributed by atoms with Gasteiger partial charge < -0.3 is 15.3 Å². The van der Waals surface area contributed by atoms with Crippen LogP contribution in [0.25, 0.3) is 0 Å². The van der Waals surface area contributed by atoms with Crippen LogP contribution in [0, 0.1) is 13.8 Å². The smallest absolute Gasteiger partial charge is 0.0791 e. The van der Waals surface area contributed by atoms with Crippen LogP contribution in [0.4, 0.5) is 0 Å². The standard InChI is InChI=1S/C14H24N2O/c1-11-5-6-13(7-12(11)2)8-15-9-14(17)10-16(3)4/h5-7,14-15,17H,8-10H2,1-4H3. The molecule has 1 aromatic carbocycles. The number of hydrogen-bond acceptors (Lipinski definition) is 3. The SMILES string of the molecule is Cc1ccc(CNCC(O)CN(C)C)cc1C. The van der Waals surface area contributed by atoms with E-state index in [9.17, 15) is 5.11 Å². The normalized spacial score (nSPS) is 13.1. The fourth-order valence-corrected chi connectivity index (χ4v) is 1.78. The van der Waals surface area contributed by atoms with Gasteiger partial charge in [0, 0.05) is 19.6 Å². The number of likely N-dealkylation sites (N-methyl/N-ethyl adjacent to an activating group) is 1. The molecular weight excluding hydrogens is 212 g/mol. The zero-order valence-electron chi connectivity index (χ0n) is 11.3. The maximum atomic E-state index is 9.69. The van der Waals surface area contributed by atoms with E-state index in [1.54, 1.807) is 0 Å². The molecule has 1 unspecified atom stereocenters. The zero-order chi connectivity index (χ0) is 12.8. The second-order valence-electron chi connectivity index (χ2n) is 4.97. The monoisotopic (exact) mass is 236 g/mol. The summed E-state index contributed by atoms with van der Waals surface area (Å²) >= 11 is 0. The van der Waals surface area contributed by atoms with Crippen molar-refractivity contribution < 1.29 is 5.11 Å². The summed E-state index contributed by atoms with van der Waals surface area (Å²) in [6.45, 7) is 6.38. The molecule has 96 valence electrons. The predicted molar refractivity (Wildman–Crippen MR) is 72.2 cm³/mol. The number of nitrogens with one attached hydrogen (secondary N) is 1. The fourth-order valence-electron chi connectivity index (χ4n) is 1.78. The van der Waals surface area contributed by atoms with Crippen LogP contribution in [0.3, 0.4) is 0 Å². The Bertz CT molecular complexity index is 350. The topological polar surface area (TPSA) is 35.5 Å². The minimum absolute atomic E-state index is 0.309. The van der Waals surface area contributed by atoms with Crippen LogP contribution in [0.1, 0.15) is 16.7 Å². The van der Waals surface area contributed by atoms with Gasteiger partial charge in [-0.1, -0.05) is 18.2 Å². The third-order valence-electron chi connectivity index (χ3n) is 2.86. The summed E-state index contributed by atoms with van der Waals surface area (Å²) in [5.41, 5.74) is 3.91. The van der Waals surface area contributed by atoms with Gasteiger partial charge in [0.2, 0.25) is 0 Å². The first-order valence-electron chi connectivity index (χ1n) is 6.08. The van der Waals surface area contributed by atoms with Crippen molar-refractivity contribution in [2.75, 3.05) is 27.2 Å². The molecule has 0 amide bonds. The first-order valence-corrected chi connectivity index (χ1v) is 6.08. The summed E-state index contributed by atoms with van der Waals surface area (Å²) in [5, 5.41) is 13.0. The lowest BCUT2D eigenvalue weighted by Gasteiger charge is -2.16. The Kier molecular flexibility index (Phi) is 5.62. The van der Waals surface area contributed by atoms with Gasteiger partial charge in [-0.3, -0.25) is 0 Å². The molecule has 0 saturated carbocycles. The Morgan fingerprint density at radius 1 is 1.24 bits per heavy atom. The van der Waals surface area contributed by atoms with E-state index in [1.807, 2.05) is 19.0 Å². The molecular formula is C14H24N2O. The lowest BCUT2D eigenvalue weighted by molar-refractivity contribution is 0.134. The highest BCUT2D eigenvalue weighted by atomic mass is 16.3. The number of benzene rings is 1. The van der Waals surface area contributed by atoms with Crippen LogP contribution in [0.15, 0.2) is 18.2 Å². The van der Waals surface area contributed by atoms with Crippen LogP contribution in [-0.4, -0.2) is 43.3 Å². The van der Waals surface area contributed by atoms with Crippen LogP contribution in [-0.2, 0) is 6.54 Å². The summed E-state index contributed by atoms with van der Waals surface area (Å²) in [7, 11) is 3.93. The van der Waals surface area contributed by atoms with Crippen LogP contribution in [0.5, 0.6) is 0 Å². The molecule has 2 N–H and O–H groups in total. The summed E-state index contributed by atoms with van der Waals surface area (Å²) < 4.78 is 0. The van der Waals surface area contributed by atoms with Crippen molar-refractivity contribution in [2.24, 2.45) is 0 Å². The van der Waals surface area contributed by atoms with Gasteiger partial charge in [0.15, 0.2) is 0 Å². The molecule has 0 heterocycles. The molecule has 17 heavy (non-hydrogen) atoms. The van der Waals surface area contributed by atoms with Crippen molar-refractivity contribution in [1.82, 2.24) is 10.2 Å². The maximum Gasteiger partial charge on any atom is 0.0791 e. The van der Waals surface area contributed by atoms with E-state index < -0.39 is 0 Å². The van der Waals surface area contributed by atoms with E-state index in [0.29, 0.717) is 13.1 Å². The summed E-state index contributed by atoms with van der Waals surface area (Å²) in [6, 6.07) is 6.47. The van der Waals surface area contributed by atoms with Crippen molar-refractivity contribution in [3.8, 4) is 0 Å². The lowest BCUT2D eigenvalue weighted by Crippen LogP contribution is -2.34. The molecule has 0 fully saturated rings. The van der Waals surface area contributed by atoms with E-state index in [2.05, 4.69) is 37.4 Å². The van der Waals surface area contributed by atoms with Gasteiger partial charge in [0.1, 0.15) is 0 Å². The molecule has 0 aliphatic heterocycles. The minimum atomic E-state index is -0.309. The van der Waals surface area contributed by atoms with Gasteiger partial charge in [-0.05, 0) is 44.6 Å². The Labute approximate surface area is 104 Å². The van der Waals surface area contributed by atoms with E-state index in [4.69, 9.17) is 0 Å². The molecule has 1 rings (SSSR count). The minimum Gasteiger partial charge on any atom is -0.390 e. The lowest BCUT2D eigenvalue weighted by atomic mass is 10.1. The van der Waals surface area contributed by atoms with Gasteiger partial charge >= 0.3 is 0 Å². The van der Waals surface area contributed by atoms with Gasteiger partial charge in [0.05, 0.1) is 6.10 Å². The quantitative estimate of drug-likeness (QED) is 0.782. The van der Waals surface area contributed by atoms with Crippen LogP contribution in [0.2, 0.25) is 0 Å². The molecule has 0 aromatic heterocycles. The molecule has 0 aliphatic carbocycles. The van der Waals surface area contributed by atoms with Crippen LogP contribution >= 0.6 is 0 Å². The van der Waals surface area contributed by atoms with E-state index in [1.165, 1.54) is 16.7 Å². The predicted octanol–water partition coefficient (Wildman–Crippen LogP) is 1.32. The second-order valence-corrected chi connectivity index (χ2v) is 4.97. The number of rotatable bonds is 6. The molecule has 1 aromatic rings. The Morgan fingerprint density at radius 3 is 2.53 bits per heavy atom. The highest BCUT2D eigenvalue weighted by Crippen LogP contribution is 2.09. The van der Waals surface area contributed by atoms with Crippen molar-refractivity contribution in [2.45, 2.75) is 26.5 Å². The average molecular weight is 236 g/mol. The number of nitrogens with zero attached hydrogens (tertiary/aromatic N) is 1. The average Bonchev–Trinajstić information content (AvgIpc) is 2.22. The molecule has 0 spiro atoms. The third kappa shape index (κ3) is 5.31. The molecule has 0 aliphatic rings. The van der Waals surface area contributed by atoms with Gasteiger partial charge in [-0.25, -0.2) is 0 Å². The molecule has 3 heteroatoms. The number of aryl methyl sites for hydroxylation is 2. The van der Waals surface area contributed by atoms with Crippen molar-refractivity contribution >= 4 is 0 Å². The highest BCUT2D eigenvalue weighted by molar-refractivity contribution is 5.29. The van der Waals surface area contributed by atoms with E-state index >= 15 is 0 Å². The first kappa shape index (κ1) is 14.2. The van der Waals surface area contributed by atoms with Crippen molar-refractivity contribution in [3.63, 3.8) is 0 Å². The molecule has 0 radical (unpaired) electrons.